The molecule has 0 aromatic heterocycles. The lowest BCUT2D eigenvalue weighted by Crippen LogP contribution is -2.34. The molecule has 1 rings (SSSR count). The second-order valence-corrected chi connectivity index (χ2v) is 3.77. The van der Waals surface area contributed by atoms with Gasteiger partial charge in [-0.05, 0) is 40.2 Å². The average Bonchev–Trinajstić information content (AvgIpc) is 2.35. The monoisotopic (exact) mass is 156 g/mol. The maximum atomic E-state index is 3.58. The minimum absolute atomic E-state index is 0.651. The van der Waals surface area contributed by atoms with Crippen molar-refractivity contribution in [2.24, 2.45) is 0 Å². The Hall–Kier alpha value is -0.0800. The molecule has 0 bridgehead atoms. The number of hydrogen-bond acceptors (Lipinski definition) is 2. The maximum Gasteiger partial charge on any atom is 0.00848 e. The summed E-state index contributed by atoms with van der Waals surface area (Å²) in [6.07, 6.45) is 3.97. The van der Waals surface area contributed by atoms with Crippen molar-refractivity contribution in [3.8, 4) is 0 Å². The summed E-state index contributed by atoms with van der Waals surface area (Å²) in [5.74, 6) is 0. The molecule has 1 aliphatic rings. The van der Waals surface area contributed by atoms with Gasteiger partial charge in [-0.2, -0.15) is 0 Å². The maximum absolute atomic E-state index is 3.58. The fourth-order valence-electron chi connectivity index (χ4n) is 1.75. The molecular formula is C9H20N2. The van der Waals surface area contributed by atoms with Gasteiger partial charge in [0.15, 0.2) is 0 Å². The Kier molecular flexibility index (Phi) is 3.34. The van der Waals surface area contributed by atoms with E-state index >= 15 is 0 Å². The Balaban J connectivity index is 2.17. The van der Waals surface area contributed by atoms with E-state index in [1.807, 2.05) is 7.05 Å². The van der Waals surface area contributed by atoms with Gasteiger partial charge < -0.3 is 10.6 Å². The summed E-state index contributed by atoms with van der Waals surface area (Å²) in [6.45, 7) is 4.51. The molecule has 1 fully saturated rings. The number of hydrogen-bond donors (Lipinski definition) is 2. The van der Waals surface area contributed by atoms with E-state index in [1.165, 1.54) is 19.3 Å². The summed E-state index contributed by atoms with van der Waals surface area (Å²) in [5.41, 5.74) is 0. The van der Waals surface area contributed by atoms with E-state index in [2.05, 4.69) is 24.5 Å². The van der Waals surface area contributed by atoms with Gasteiger partial charge in [-0.25, -0.2) is 0 Å². The van der Waals surface area contributed by atoms with Crippen LogP contribution in [0.5, 0.6) is 0 Å². The van der Waals surface area contributed by atoms with Gasteiger partial charge in [0.25, 0.3) is 0 Å². The van der Waals surface area contributed by atoms with Crippen molar-refractivity contribution in [1.82, 2.24) is 10.6 Å². The standard InChI is InChI=1S/C9H20N2/c1-7-4-5-9(11-7)6-8(2)10-3/h7-11H,4-6H2,1-3H3. The third kappa shape index (κ3) is 2.80. The van der Waals surface area contributed by atoms with Crippen LogP contribution in [0.2, 0.25) is 0 Å². The second-order valence-electron chi connectivity index (χ2n) is 3.77. The molecule has 1 saturated heterocycles. The van der Waals surface area contributed by atoms with Gasteiger partial charge in [-0.15, -0.1) is 0 Å². The van der Waals surface area contributed by atoms with E-state index in [0.717, 1.165) is 12.1 Å². The summed E-state index contributed by atoms with van der Waals surface area (Å²) < 4.78 is 0. The molecule has 1 heterocycles. The van der Waals surface area contributed by atoms with Crippen LogP contribution in [-0.4, -0.2) is 25.2 Å². The van der Waals surface area contributed by atoms with Crippen molar-refractivity contribution in [3.05, 3.63) is 0 Å². The van der Waals surface area contributed by atoms with E-state index in [1.54, 1.807) is 0 Å². The summed E-state index contributed by atoms with van der Waals surface area (Å²) in [4.78, 5) is 0. The topological polar surface area (TPSA) is 24.1 Å². The van der Waals surface area contributed by atoms with E-state index < -0.39 is 0 Å². The molecule has 3 unspecified atom stereocenters. The normalized spacial score (nSPS) is 34.1. The predicted octanol–water partition coefficient (Wildman–Crippen LogP) is 1.12. The zero-order valence-corrected chi connectivity index (χ0v) is 7.85. The van der Waals surface area contributed by atoms with Crippen LogP contribution in [0.1, 0.15) is 33.1 Å². The molecule has 2 nitrogen and oxygen atoms in total. The van der Waals surface area contributed by atoms with Crippen molar-refractivity contribution in [3.63, 3.8) is 0 Å². The fourth-order valence-corrected chi connectivity index (χ4v) is 1.75. The Labute approximate surface area is 69.8 Å². The minimum Gasteiger partial charge on any atom is -0.317 e. The summed E-state index contributed by atoms with van der Waals surface area (Å²) >= 11 is 0. The molecule has 0 amide bonds. The molecule has 11 heavy (non-hydrogen) atoms. The van der Waals surface area contributed by atoms with Gasteiger partial charge in [0.1, 0.15) is 0 Å². The first-order valence-electron chi connectivity index (χ1n) is 4.65. The van der Waals surface area contributed by atoms with Crippen LogP contribution < -0.4 is 10.6 Å². The zero-order valence-electron chi connectivity index (χ0n) is 7.85. The summed E-state index contributed by atoms with van der Waals surface area (Å²) in [5, 5.41) is 6.85. The zero-order chi connectivity index (χ0) is 8.27. The molecule has 0 spiro atoms. The molecule has 3 atom stereocenters. The molecule has 2 N–H and O–H groups in total. The highest BCUT2D eigenvalue weighted by Crippen LogP contribution is 2.15. The lowest BCUT2D eigenvalue weighted by atomic mass is 10.1. The van der Waals surface area contributed by atoms with Crippen molar-refractivity contribution < 1.29 is 0 Å². The van der Waals surface area contributed by atoms with E-state index in [9.17, 15) is 0 Å². The van der Waals surface area contributed by atoms with Crippen LogP contribution in [-0.2, 0) is 0 Å². The lowest BCUT2D eigenvalue weighted by Gasteiger charge is -2.16. The van der Waals surface area contributed by atoms with E-state index in [0.29, 0.717) is 6.04 Å². The van der Waals surface area contributed by atoms with Crippen LogP contribution in [0.3, 0.4) is 0 Å². The van der Waals surface area contributed by atoms with Gasteiger partial charge in [0, 0.05) is 18.1 Å². The quantitative estimate of drug-likeness (QED) is 0.640. The first-order valence-corrected chi connectivity index (χ1v) is 4.65. The molecule has 0 aromatic rings. The highest BCUT2D eigenvalue weighted by molar-refractivity contribution is 4.82. The third-order valence-corrected chi connectivity index (χ3v) is 2.60. The molecule has 0 aliphatic carbocycles. The molecular weight excluding hydrogens is 136 g/mol. The molecule has 0 aromatic carbocycles. The van der Waals surface area contributed by atoms with Gasteiger partial charge in [-0.3, -0.25) is 0 Å². The van der Waals surface area contributed by atoms with Crippen LogP contribution in [0.4, 0.5) is 0 Å². The van der Waals surface area contributed by atoms with Crippen molar-refractivity contribution in [2.45, 2.75) is 51.2 Å². The highest BCUT2D eigenvalue weighted by atomic mass is 15.0. The Bertz CT molecular complexity index is 114. The van der Waals surface area contributed by atoms with Crippen molar-refractivity contribution >= 4 is 0 Å². The minimum atomic E-state index is 0.651. The predicted molar refractivity (Wildman–Crippen MR) is 48.8 cm³/mol. The number of nitrogens with one attached hydrogen (secondary N) is 2. The van der Waals surface area contributed by atoms with Crippen molar-refractivity contribution in [1.29, 1.82) is 0 Å². The van der Waals surface area contributed by atoms with Crippen LogP contribution in [0, 0.1) is 0 Å². The third-order valence-electron chi connectivity index (χ3n) is 2.60. The first kappa shape index (κ1) is 9.01. The Morgan fingerprint density at radius 1 is 1.55 bits per heavy atom. The largest absolute Gasteiger partial charge is 0.317 e. The fraction of sp³-hybridized carbons (Fsp3) is 1.00. The number of rotatable bonds is 3. The van der Waals surface area contributed by atoms with Crippen molar-refractivity contribution in [2.75, 3.05) is 7.05 Å². The van der Waals surface area contributed by atoms with Crippen LogP contribution in [0.25, 0.3) is 0 Å². The summed E-state index contributed by atoms with van der Waals surface area (Å²) in [7, 11) is 2.03. The van der Waals surface area contributed by atoms with E-state index in [4.69, 9.17) is 0 Å². The summed E-state index contributed by atoms with van der Waals surface area (Å²) in [6, 6.07) is 2.15. The smallest absolute Gasteiger partial charge is 0.00848 e. The molecule has 1 aliphatic heterocycles. The Morgan fingerprint density at radius 2 is 2.27 bits per heavy atom. The van der Waals surface area contributed by atoms with Gasteiger partial charge in [0.05, 0.1) is 0 Å². The second kappa shape index (κ2) is 4.07. The van der Waals surface area contributed by atoms with Crippen LogP contribution in [0.15, 0.2) is 0 Å². The highest BCUT2D eigenvalue weighted by Gasteiger charge is 2.20. The van der Waals surface area contributed by atoms with Gasteiger partial charge >= 0.3 is 0 Å². The molecule has 0 radical (unpaired) electrons. The molecule has 2 heteroatoms. The van der Waals surface area contributed by atoms with Gasteiger partial charge in [-0.1, -0.05) is 0 Å². The average molecular weight is 156 g/mol. The Morgan fingerprint density at radius 3 is 2.73 bits per heavy atom. The van der Waals surface area contributed by atoms with E-state index in [-0.39, 0.29) is 0 Å². The van der Waals surface area contributed by atoms with Crippen LogP contribution >= 0.6 is 0 Å². The SMILES string of the molecule is CNC(C)CC1CCC(C)N1. The molecule has 0 saturated carbocycles. The van der Waals surface area contributed by atoms with Gasteiger partial charge in [0.2, 0.25) is 0 Å². The first-order chi connectivity index (χ1) is 5.22. The lowest BCUT2D eigenvalue weighted by molar-refractivity contribution is 0.452. The molecule has 66 valence electrons.